The van der Waals surface area contributed by atoms with E-state index in [1.807, 2.05) is 6.07 Å². The van der Waals surface area contributed by atoms with Crippen LogP contribution in [-0.4, -0.2) is 23.0 Å². The Morgan fingerprint density at radius 1 is 1.44 bits per heavy atom. The van der Waals surface area contributed by atoms with E-state index in [1.54, 1.807) is 33.8 Å². The molecule has 5 nitrogen and oxygen atoms in total. The molecular weight excluding hydrogens is 232 g/mol. The number of ether oxygens (including phenoxy) is 1. The molecule has 0 aromatic carbocycles. The molecule has 18 heavy (non-hydrogen) atoms. The van der Waals surface area contributed by atoms with Crippen molar-refractivity contribution in [2.75, 3.05) is 0 Å². The van der Waals surface area contributed by atoms with E-state index < -0.39 is 11.7 Å². The molecule has 0 saturated carbocycles. The Hall–Kier alpha value is -1.91. The van der Waals surface area contributed by atoms with Gasteiger partial charge in [-0.25, -0.2) is 4.79 Å². The maximum absolute atomic E-state index is 11.5. The second kappa shape index (κ2) is 5.62. The van der Waals surface area contributed by atoms with Crippen molar-refractivity contribution in [1.29, 1.82) is 0 Å². The molecule has 1 aromatic rings. The molecule has 0 aliphatic heterocycles. The largest absolute Gasteiger partial charge is 0.444 e. The summed E-state index contributed by atoms with van der Waals surface area (Å²) >= 11 is 0. The fraction of sp³-hybridized carbons (Fsp3) is 0.462. The zero-order valence-electron chi connectivity index (χ0n) is 11.1. The summed E-state index contributed by atoms with van der Waals surface area (Å²) in [6.45, 7) is 7.50. The van der Waals surface area contributed by atoms with Gasteiger partial charge in [0, 0.05) is 12.2 Å². The molecule has 5 heteroatoms. The van der Waals surface area contributed by atoms with Crippen molar-refractivity contribution in [3.05, 3.63) is 29.1 Å². The monoisotopic (exact) mass is 250 g/mol. The minimum Gasteiger partial charge on any atom is -0.444 e. The van der Waals surface area contributed by atoms with Crippen LogP contribution in [0.15, 0.2) is 12.1 Å². The van der Waals surface area contributed by atoms with Crippen molar-refractivity contribution in [2.24, 2.45) is 0 Å². The topological polar surface area (TPSA) is 68.3 Å². The molecule has 1 rings (SSSR count). The number of aryl methyl sites for hydroxylation is 1. The van der Waals surface area contributed by atoms with Crippen molar-refractivity contribution < 1.29 is 14.3 Å². The van der Waals surface area contributed by atoms with Crippen LogP contribution in [0.4, 0.5) is 4.79 Å². The van der Waals surface area contributed by atoms with Gasteiger partial charge in [0.25, 0.3) is 0 Å². The Morgan fingerprint density at radius 2 is 2.11 bits per heavy atom. The van der Waals surface area contributed by atoms with Crippen LogP contribution >= 0.6 is 0 Å². The van der Waals surface area contributed by atoms with Crippen molar-refractivity contribution in [2.45, 2.75) is 39.8 Å². The SMILES string of the molecule is Cc1cc(CNC(=O)OC(C)(C)C)cc(C=O)n1. The summed E-state index contributed by atoms with van der Waals surface area (Å²) in [5, 5.41) is 2.63. The maximum Gasteiger partial charge on any atom is 0.407 e. The van der Waals surface area contributed by atoms with Crippen LogP contribution in [0.25, 0.3) is 0 Å². The lowest BCUT2D eigenvalue weighted by Gasteiger charge is -2.19. The van der Waals surface area contributed by atoms with Crippen LogP contribution in [0.2, 0.25) is 0 Å². The molecule has 0 aliphatic rings. The predicted molar refractivity (Wildman–Crippen MR) is 67.4 cm³/mol. The Balaban J connectivity index is 2.61. The molecule has 1 amide bonds. The number of nitrogens with one attached hydrogen (secondary N) is 1. The average Bonchev–Trinajstić information content (AvgIpc) is 2.23. The first-order valence-electron chi connectivity index (χ1n) is 5.70. The first-order chi connectivity index (χ1) is 8.30. The number of carbonyl (C=O) groups is 2. The van der Waals surface area contributed by atoms with Crippen LogP contribution in [-0.2, 0) is 11.3 Å². The number of carbonyl (C=O) groups excluding carboxylic acids is 2. The van der Waals surface area contributed by atoms with Gasteiger partial charge >= 0.3 is 6.09 Å². The molecule has 0 spiro atoms. The van der Waals surface area contributed by atoms with Gasteiger partial charge in [0.1, 0.15) is 11.3 Å². The first-order valence-corrected chi connectivity index (χ1v) is 5.70. The highest BCUT2D eigenvalue weighted by Crippen LogP contribution is 2.08. The lowest BCUT2D eigenvalue weighted by molar-refractivity contribution is 0.0523. The van der Waals surface area contributed by atoms with E-state index in [0.717, 1.165) is 11.3 Å². The number of hydrogen-bond donors (Lipinski definition) is 1. The summed E-state index contributed by atoms with van der Waals surface area (Å²) in [6.07, 6.45) is 0.203. The van der Waals surface area contributed by atoms with Crippen LogP contribution < -0.4 is 5.32 Å². The molecule has 0 saturated heterocycles. The van der Waals surface area contributed by atoms with Gasteiger partial charge in [0.15, 0.2) is 6.29 Å². The predicted octanol–water partition coefficient (Wildman–Crippen LogP) is 2.23. The van der Waals surface area contributed by atoms with Gasteiger partial charge in [0.2, 0.25) is 0 Å². The fourth-order valence-corrected chi connectivity index (χ4v) is 1.42. The smallest absolute Gasteiger partial charge is 0.407 e. The standard InChI is InChI=1S/C13H18N2O3/c1-9-5-10(6-11(8-16)15-9)7-14-12(17)18-13(2,3)4/h5-6,8H,7H2,1-4H3,(H,14,17). The molecule has 0 unspecified atom stereocenters. The molecular formula is C13H18N2O3. The lowest BCUT2D eigenvalue weighted by Crippen LogP contribution is -2.32. The van der Waals surface area contributed by atoms with Crippen LogP contribution in [0, 0.1) is 6.92 Å². The molecule has 1 heterocycles. The third-order valence-electron chi connectivity index (χ3n) is 1.99. The number of hydrogen-bond acceptors (Lipinski definition) is 4. The Labute approximate surface area is 107 Å². The highest BCUT2D eigenvalue weighted by molar-refractivity contribution is 5.72. The van der Waals surface area contributed by atoms with Gasteiger partial charge in [-0.05, 0) is 45.4 Å². The summed E-state index contributed by atoms with van der Waals surface area (Å²) in [5.74, 6) is 0. The number of nitrogens with zero attached hydrogens (tertiary/aromatic N) is 1. The number of aldehydes is 1. The third-order valence-corrected chi connectivity index (χ3v) is 1.99. The summed E-state index contributed by atoms with van der Waals surface area (Å²) in [6, 6.07) is 3.45. The second-order valence-corrected chi connectivity index (χ2v) is 5.01. The van der Waals surface area contributed by atoms with E-state index in [4.69, 9.17) is 4.74 Å². The Morgan fingerprint density at radius 3 is 2.67 bits per heavy atom. The number of rotatable bonds is 3. The normalized spacial score (nSPS) is 10.9. The molecule has 98 valence electrons. The Kier molecular flexibility index (Phi) is 4.42. The number of aromatic nitrogens is 1. The van der Waals surface area contributed by atoms with E-state index >= 15 is 0 Å². The van der Waals surface area contributed by atoms with Gasteiger partial charge < -0.3 is 10.1 Å². The summed E-state index contributed by atoms with van der Waals surface area (Å²) in [5.41, 5.74) is 1.39. The van der Waals surface area contributed by atoms with Crippen LogP contribution in [0.3, 0.4) is 0 Å². The van der Waals surface area contributed by atoms with E-state index in [1.165, 1.54) is 0 Å². The van der Waals surface area contributed by atoms with Crippen LogP contribution in [0.1, 0.15) is 42.5 Å². The number of alkyl carbamates (subject to hydrolysis) is 1. The van der Waals surface area contributed by atoms with Crippen LogP contribution in [0.5, 0.6) is 0 Å². The molecule has 0 radical (unpaired) electrons. The highest BCUT2D eigenvalue weighted by atomic mass is 16.6. The molecule has 0 aliphatic carbocycles. The number of pyridine rings is 1. The first kappa shape index (κ1) is 14.2. The van der Waals surface area contributed by atoms with Gasteiger partial charge in [-0.3, -0.25) is 9.78 Å². The molecule has 0 atom stereocenters. The third kappa shape index (κ3) is 4.95. The second-order valence-electron chi connectivity index (χ2n) is 5.01. The van der Waals surface area contributed by atoms with Gasteiger partial charge in [-0.15, -0.1) is 0 Å². The van der Waals surface area contributed by atoms with E-state index in [2.05, 4.69) is 10.3 Å². The molecule has 1 N–H and O–H groups in total. The van der Waals surface area contributed by atoms with Crippen molar-refractivity contribution in [3.63, 3.8) is 0 Å². The molecule has 0 fully saturated rings. The van der Waals surface area contributed by atoms with Gasteiger partial charge in [-0.1, -0.05) is 0 Å². The minimum absolute atomic E-state index is 0.305. The number of amides is 1. The quantitative estimate of drug-likeness (QED) is 0.835. The van der Waals surface area contributed by atoms with Crippen molar-refractivity contribution in [3.8, 4) is 0 Å². The lowest BCUT2D eigenvalue weighted by atomic mass is 10.2. The van der Waals surface area contributed by atoms with Crippen molar-refractivity contribution >= 4 is 12.4 Å². The molecule has 1 aromatic heterocycles. The van der Waals surface area contributed by atoms with E-state index in [9.17, 15) is 9.59 Å². The summed E-state index contributed by atoms with van der Waals surface area (Å²) in [7, 11) is 0. The van der Waals surface area contributed by atoms with E-state index in [0.29, 0.717) is 18.5 Å². The zero-order chi connectivity index (χ0) is 13.8. The zero-order valence-corrected chi connectivity index (χ0v) is 11.1. The molecule has 0 bridgehead atoms. The van der Waals surface area contributed by atoms with E-state index in [-0.39, 0.29) is 0 Å². The average molecular weight is 250 g/mol. The minimum atomic E-state index is -0.522. The van der Waals surface area contributed by atoms with Crippen molar-refractivity contribution in [1.82, 2.24) is 10.3 Å². The Bertz CT molecular complexity index is 450. The van der Waals surface area contributed by atoms with Gasteiger partial charge in [0.05, 0.1) is 0 Å². The summed E-state index contributed by atoms with van der Waals surface area (Å²) in [4.78, 5) is 26.1. The maximum atomic E-state index is 11.5. The summed E-state index contributed by atoms with van der Waals surface area (Å²) < 4.78 is 5.11. The highest BCUT2D eigenvalue weighted by Gasteiger charge is 2.15. The van der Waals surface area contributed by atoms with Gasteiger partial charge in [-0.2, -0.15) is 0 Å². The fourth-order valence-electron chi connectivity index (χ4n) is 1.42.